The molecule has 3 heterocycles. The number of fused-ring (bicyclic) bond motifs is 1. The summed E-state index contributed by atoms with van der Waals surface area (Å²) >= 11 is 3.34. The number of alkyl halides is 3. The molecule has 0 atom stereocenters. The molecule has 0 unspecified atom stereocenters. The quantitative estimate of drug-likeness (QED) is 0.638. The van der Waals surface area contributed by atoms with E-state index in [0.717, 1.165) is 22.1 Å². The molecule has 140 valence electrons. The van der Waals surface area contributed by atoms with Crippen molar-refractivity contribution in [3.63, 3.8) is 0 Å². The molecule has 0 saturated heterocycles. The van der Waals surface area contributed by atoms with Crippen molar-refractivity contribution in [2.45, 2.75) is 19.1 Å². The van der Waals surface area contributed by atoms with Crippen molar-refractivity contribution in [3.8, 4) is 0 Å². The highest BCUT2D eigenvalue weighted by atomic mass is 79.9. The average molecular weight is 439 g/mol. The molecular weight excluding hydrogens is 425 g/mol. The van der Waals surface area contributed by atoms with Gasteiger partial charge < -0.3 is 15.2 Å². The topological polar surface area (TPSA) is 69.7 Å². The fraction of sp³-hybridized carbons (Fsp3) is 0.235. The van der Waals surface area contributed by atoms with E-state index in [1.165, 1.54) is 0 Å². The number of hydrogen-bond acceptors (Lipinski definition) is 5. The van der Waals surface area contributed by atoms with Crippen LogP contribution in [0.1, 0.15) is 17.0 Å². The van der Waals surface area contributed by atoms with Crippen LogP contribution in [0.4, 0.5) is 30.6 Å². The SMILES string of the molecule is FC(F)(F)c1cnc(Nc2ccc(Br)cc2)nc1N1CCc2[nH]cnc2C1. The van der Waals surface area contributed by atoms with Gasteiger partial charge in [-0.3, -0.25) is 0 Å². The number of anilines is 3. The minimum atomic E-state index is -4.54. The summed E-state index contributed by atoms with van der Waals surface area (Å²) in [7, 11) is 0. The number of halogens is 4. The van der Waals surface area contributed by atoms with Crippen LogP contribution in [0.2, 0.25) is 0 Å². The Morgan fingerprint density at radius 1 is 1.15 bits per heavy atom. The second-order valence-corrected chi connectivity index (χ2v) is 6.98. The Labute approximate surface area is 161 Å². The number of H-pyrrole nitrogens is 1. The molecule has 0 aliphatic carbocycles. The van der Waals surface area contributed by atoms with Crippen LogP contribution in [0.25, 0.3) is 0 Å². The zero-order valence-corrected chi connectivity index (χ0v) is 15.5. The predicted molar refractivity (Wildman–Crippen MR) is 97.8 cm³/mol. The van der Waals surface area contributed by atoms with Crippen LogP contribution in [-0.2, 0) is 19.1 Å². The molecule has 1 aromatic carbocycles. The lowest BCUT2D eigenvalue weighted by atomic mass is 10.1. The lowest BCUT2D eigenvalue weighted by Crippen LogP contribution is -2.33. The molecule has 0 amide bonds. The van der Waals surface area contributed by atoms with Gasteiger partial charge in [-0.15, -0.1) is 0 Å². The monoisotopic (exact) mass is 438 g/mol. The minimum Gasteiger partial charge on any atom is -0.350 e. The molecule has 0 saturated carbocycles. The van der Waals surface area contributed by atoms with Crippen molar-refractivity contribution in [1.29, 1.82) is 0 Å². The molecule has 3 aromatic rings. The summed E-state index contributed by atoms with van der Waals surface area (Å²) < 4.78 is 41.4. The van der Waals surface area contributed by atoms with Crippen molar-refractivity contribution in [2.24, 2.45) is 0 Å². The van der Waals surface area contributed by atoms with Gasteiger partial charge in [0, 0.05) is 35.0 Å². The summed E-state index contributed by atoms with van der Waals surface area (Å²) in [5.74, 6) is -0.0427. The number of benzene rings is 1. The van der Waals surface area contributed by atoms with E-state index in [4.69, 9.17) is 0 Å². The van der Waals surface area contributed by atoms with Gasteiger partial charge in [-0.25, -0.2) is 9.97 Å². The normalized spacial score (nSPS) is 14.1. The molecule has 10 heteroatoms. The number of imidazole rings is 1. The molecule has 2 aromatic heterocycles. The van der Waals surface area contributed by atoms with Crippen LogP contribution in [0.3, 0.4) is 0 Å². The van der Waals surface area contributed by atoms with E-state index in [9.17, 15) is 13.2 Å². The maximum Gasteiger partial charge on any atom is 0.421 e. The first-order chi connectivity index (χ1) is 12.9. The molecule has 0 spiro atoms. The molecular formula is C17H14BrF3N6. The number of aromatic nitrogens is 4. The number of hydrogen-bond donors (Lipinski definition) is 2. The molecule has 27 heavy (non-hydrogen) atoms. The summed E-state index contributed by atoms with van der Waals surface area (Å²) in [5, 5.41) is 2.94. The Morgan fingerprint density at radius 3 is 2.67 bits per heavy atom. The third-order valence-electron chi connectivity index (χ3n) is 4.25. The number of nitrogens with one attached hydrogen (secondary N) is 2. The van der Waals surface area contributed by atoms with Gasteiger partial charge in [0.25, 0.3) is 0 Å². The average Bonchev–Trinajstić information content (AvgIpc) is 3.10. The van der Waals surface area contributed by atoms with Crippen LogP contribution in [0.15, 0.2) is 41.3 Å². The lowest BCUT2D eigenvalue weighted by molar-refractivity contribution is -0.137. The fourth-order valence-electron chi connectivity index (χ4n) is 2.93. The molecule has 0 radical (unpaired) electrons. The second kappa shape index (κ2) is 6.84. The summed E-state index contributed by atoms with van der Waals surface area (Å²) in [4.78, 5) is 16.8. The van der Waals surface area contributed by atoms with E-state index in [1.54, 1.807) is 23.4 Å². The van der Waals surface area contributed by atoms with Crippen molar-refractivity contribution < 1.29 is 13.2 Å². The van der Waals surface area contributed by atoms with Crippen LogP contribution in [-0.4, -0.2) is 26.5 Å². The van der Waals surface area contributed by atoms with Crippen LogP contribution in [0.5, 0.6) is 0 Å². The van der Waals surface area contributed by atoms with Gasteiger partial charge in [-0.05, 0) is 24.3 Å². The van der Waals surface area contributed by atoms with Gasteiger partial charge in [0.2, 0.25) is 5.95 Å². The molecule has 1 aliphatic heterocycles. The first-order valence-corrected chi connectivity index (χ1v) is 8.92. The Balaban J connectivity index is 1.68. The Kier molecular flexibility index (Phi) is 4.50. The minimum absolute atomic E-state index is 0.105. The van der Waals surface area contributed by atoms with Crippen molar-refractivity contribution in [1.82, 2.24) is 19.9 Å². The highest BCUT2D eigenvalue weighted by Gasteiger charge is 2.37. The van der Waals surface area contributed by atoms with E-state index in [2.05, 4.69) is 41.2 Å². The fourth-order valence-corrected chi connectivity index (χ4v) is 3.19. The predicted octanol–water partition coefficient (Wildman–Crippen LogP) is 4.29. The third-order valence-corrected chi connectivity index (χ3v) is 4.78. The maximum absolute atomic E-state index is 13.5. The number of aromatic amines is 1. The van der Waals surface area contributed by atoms with Gasteiger partial charge in [-0.2, -0.15) is 18.2 Å². The zero-order valence-electron chi connectivity index (χ0n) is 13.9. The van der Waals surface area contributed by atoms with E-state index >= 15 is 0 Å². The molecule has 4 rings (SSSR count). The van der Waals surface area contributed by atoms with Gasteiger partial charge in [0.1, 0.15) is 11.4 Å². The van der Waals surface area contributed by atoms with Crippen molar-refractivity contribution >= 4 is 33.4 Å². The summed E-state index contributed by atoms with van der Waals surface area (Å²) in [6.07, 6.45) is -1.59. The van der Waals surface area contributed by atoms with Crippen LogP contribution in [0, 0.1) is 0 Å². The van der Waals surface area contributed by atoms with Gasteiger partial charge >= 0.3 is 6.18 Å². The zero-order chi connectivity index (χ0) is 19.0. The molecule has 0 bridgehead atoms. The molecule has 6 nitrogen and oxygen atoms in total. The molecule has 0 fully saturated rings. The summed E-state index contributed by atoms with van der Waals surface area (Å²) in [6.45, 7) is 0.670. The second-order valence-electron chi connectivity index (χ2n) is 6.06. The maximum atomic E-state index is 13.5. The van der Waals surface area contributed by atoms with E-state index < -0.39 is 11.7 Å². The molecule has 2 N–H and O–H groups in total. The standard InChI is InChI=1S/C17H14BrF3N6/c18-10-1-3-11(4-2-10)25-16-22-7-12(17(19,20)21)15(26-16)27-6-5-13-14(8-27)24-9-23-13/h1-4,7,9H,5-6,8H2,(H,23,24)(H,22,25,26). The Morgan fingerprint density at radius 2 is 1.93 bits per heavy atom. The van der Waals surface area contributed by atoms with E-state index in [1.807, 2.05) is 12.1 Å². The van der Waals surface area contributed by atoms with Crippen LogP contribution < -0.4 is 10.2 Å². The Bertz CT molecular complexity index is 954. The Hall–Kier alpha value is -2.62. The molecule has 1 aliphatic rings. The van der Waals surface area contributed by atoms with Crippen molar-refractivity contribution in [2.75, 3.05) is 16.8 Å². The first kappa shape index (κ1) is 17.8. The lowest BCUT2D eigenvalue weighted by Gasteiger charge is -2.29. The highest BCUT2D eigenvalue weighted by molar-refractivity contribution is 9.10. The van der Waals surface area contributed by atoms with Gasteiger partial charge in [0.15, 0.2) is 0 Å². The van der Waals surface area contributed by atoms with E-state index in [-0.39, 0.29) is 18.3 Å². The largest absolute Gasteiger partial charge is 0.421 e. The van der Waals surface area contributed by atoms with E-state index in [0.29, 0.717) is 18.7 Å². The number of nitrogens with zero attached hydrogens (tertiary/aromatic N) is 4. The summed E-state index contributed by atoms with van der Waals surface area (Å²) in [6, 6.07) is 7.19. The van der Waals surface area contributed by atoms with Crippen LogP contribution >= 0.6 is 15.9 Å². The van der Waals surface area contributed by atoms with Crippen molar-refractivity contribution in [3.05, 3.63) is 58.2 Å². The smallest absolute Gasteiger partial charge is 0.350 e. The number of rotatable bonds is 3. The van der Waals surface area contributed by atoms with Gasteiger partial charge in [-0.1, -0.05) is 15.9 Å². The first-order valence-electron chi connectivity index (χ1n) is 8.13. The summed E-state index contributed by atoms with van der Waals surface area (Å²) in [5.41, 5.74) is 1.50. The third kappa shape index (κ3) is 3.75. The highest BCUT2D eigenvalue weighted by Crippen LogP contribution is 2.37. The van der Waals surface area contributed by atoms with Gasteiger partial charge in [0.05, 0.1) is 18.6 Å².